The van der Waals surface area contributed by atoms with Crippen LogP contribution in [0.4, 0.5) is 17.2 Å². The van der Waals surface area contributed by atoms with E-state index in [1.54, 1.807) is 13.3 Å². The summed E-state index contributed by atoms with van der Waals surface area (Å²) in [5, 5.41) is 12.5. The molecule has 2 heterocycles. The van der Waals surface area contributed by atoms with Crippen LogP contribution in [0.15, 0.2) is 66.9 Å². The van der Waals surface area contributed by atoms with E-state index < -0.39 is 0 Å². The fourth-order valence-electron chi connectivity index (χ4n) is 3.57. The van der Waals surface area contributed by atoms with Crippen LogP contribution in [0, 0.1) is 0 Å². The maximum absolute atomic E-state index is 6.00. The van der Waals surface area contributed by atoms with Crippen molar-refractivity contribution in [3.8, 4) is 17.1 Å². The van der Waals surface area contributed by atoms with E-state index in [0.29, 0.717) is 24.7 Å². The van der Waals surface area contributed by atoms with Crippen LogP contribution in [-0.4, -0.2) is 35.5 Å². The topological polar surface area (TPSA) is 112 Å². The van der Waals surface area contributed by atoms with E-state index in [1.165, 1.54) is 0 Å². The number of H-pyrrole nitrogens is 2. The van der Waals surface area contributed by atoms with Crippen LogP contribution in [0.5, 0.6) is 5.75 Å². The Labute approximate surface area is 184 Å². The fourth-order valence-corrected chi connectivity index (χ4v) is 3.57. The lowest BCUT2D eigenvalue weighted by molar-refractivity contribution is -0.349. The Morgan fingerprint density at radius 3 is 2.88 bits per heavy atom. The summed E-state index contributed by atoms with van der Waals surface area (Å²) in [6.07, 6.45) is 1.80. The number of anilines is 3. The lowest BCUT2D eigenvalue weighted by atomic mass is 10.1. The van der Waals surface area contributed by atoms with E-state index >= 15 is 0 Å². The van der Waals surface area contributed by atoms with Crippen molar-refractivity contribution in [1.29, 1.82) is 0 Å². The first kappa shape index (κ1) is 19.8. The van der Waals surface area contributed by atoms with Crippen molar-refractivity contribution in [2.24, 2.45) is 0 Å². The van der Waals surface area contributed by atoms with Gasteiger partial charge in [-0.15, -0.1) is 4.98 Å². The molecule has 0 bridgehead atoms. The molecule has 0 aliphatic rings. The third-order valence-electron chi connectivity index (χ3n) is 5.14. The summed E-state index contributed by atoms with van der Waals surface area (Å²) in [6, 6.07) is 19.5. The number of nitrogen functional groups attached to an aromatic ring is 1. The zero-order valence-corrected chi connectivity index (χ0v) is 17.6. The van der Waals surface area contributed by atoms with Gasteiger partial charge in [-0.2, -0.15) is 5.10 Å². The van der Waals surface area contributed by atoms with Crippen LogP contribution in [0.3, 0.4) is 0 Å². The second-order valence-corrected chi connectivity index (χ2v) is 7.40. The molecule has 32 heavy (non-hydrogen) atoms. The molecule has 5 N–H and O–H groups in total. The third-order valence-corrected chi connectivity index (χ3v) is 5.14. The first-order valence-electron chi connectivity index (χ1n) is 10.2. The number of fused-ring (bicyclic) bond motifs is 2. The van der Waals surface area contributed by atoms with Gasteiger partial charge in [0.25, 0.3) is 5.82 Å². The fraction of sp³-hybridized carbons (Fsp3) is 0.125. The highest BCUT2D eigenvalue weighted by Crippen LogP contribution is 2.29. The van der Waals surface area contributed by atoms with E-state index in [-0.39, 0.29) is 0 Å². The molecule has 0 aliphatic heterocycles. The number of nitrogens with zero attached hydrogens (tertiary/aromatic N) is 2. The number of benzene rings is 3. The Bertz CT molecular complexity index is 1400. The molecule has 3 aromatic carbocycles. The van der Waals surface area contributed by atoms with Crippen LogP contribution in [0.1, 0.15) is 0 Å². The summed E-state index contributed by atoms with van der Waals surface area (Å²) < 4.78 is 10.9. The molecule has 0 saturated carbocycles. The molecule has 5 rings (SSSR count). The van der Waals surface area contributed by atoms with E-state index in [2.05, 4.69) is 20.5 Å². The van der Waals surface area contributed by atoms with Gasteiger partial charge in [-0.1, -0.05) is 6.07 Å². The monoisotopic (exact) mass is 427 g/mol. The Balaban J connectivity index is 1.60. The number of hydrogen-bond acceptors (Lipinski definition) is 6. The minimum atomic E-state index is 0.473. The minimum Gasteiger partial charge on any atom is -0.491 e. The minimum absolute atomic E-state index is 0.473. The van der Waals surface area contributed by atoms with Gasteiger partial charge in [0, 0.05) is 18.2 Å². The zero-order valence-electron chi connectivity index (χ0n) is 17.6. The van der Waals surface area contributed by atoms with Gasteiger partial charge in [0.1, 0.15) is 12.4 Å². The summed E-state index contributed by atoms with van der Waals surface area (Å²) in [7, 11) is 1.65. The molecule has 0 radical (unpaired) electrons. The molecule has 0 amide bonds. The molecule has 0 atom stereocenters. The number of methoxy groups -OCH3 is 1. The van der Waals surface area contributed by atoms with Gasteiger partial charge in [-0.3, -0.25) is 10.4 Å². The average Bonchev–Trinajstić information content (AvgIpc) is 3.27. The summed E-state index contributed by atoms with van der Waals surface area (Å²) in [5.41, 5.74) is 10.3. The highest BCUT2D eigenvalue weighted by Gasteiger charge is 2.17. The molecule has 0 fully saturated rings. The molecule has 5 aromatic rings. The van der Waals surface area contributed by atoms with Crippen molar-refractivity contribution >= 4 is 39.0 Å². The molecule has 0 spiro atoms. The Kier molecular flexibility index (Phi) is 5.27. The van der Waals surface area contributed by atoms with Gasteiger partial charge < -0.3 is 15.2 Å². The smallest absolute Gasteiger partial charge is 0.268 e. The molecular weight excluding hydrogens is 404 g/mol. The lowest BCUT2D eigenvalue weighted by Crippen LogP contribution is -2.16. The summed E-state index contributed by atoms with van der Waals surface area (Å²) in [6.45, 7) is 0.993. The number of ether oxygens (including phenoxy) is 2. The first-order chi connectivity index (χ1) is 15.7. The van der Waals surface area contributed by atoms with Crippen molar-refractivity contribution in [3.63, 3.8) is 0 Å². The second kappa shape index (κ2) is 8.52. The number of hydrogen-bond donors (Lipinski definition) is 3. The van der Waals surface area contributed by atoms with Crippen molar-refractivity contribution in [3.05, 3.63) is 66.9 Å². The van der Waals surface area contributed by atoms with Crippen LogP contribution >= 0.6 is 0 Å². The van der Waals surface area contributed by atoms with Crippen molar-refractivity contribution < 1.29 is 14.5 Å². The molecule has 0 saturated heterocycles. The molecule has 2 aromatic heterocycles. The molecule has 160 valence electrons. The quantitative estimate of drug-likeness (QED) is 0.268. The van der Waals surface area contributed by atoms with Gasteiger partial charge in [0.2, 0.25) is 5.82 Å². The van der Waals surface area contributed by atoms with Crippen molar-refractivity contribution in [1.82, 2.24) is 15.2 Å². The van der Waals surface area contributed by atoms with Crippen LogP contribution in [0.2, 0.25) is 0 Å². The number of rotatable bonds is 7. The molecule has 8 nitrogen and oxygen atoms in total. The van der Waals surface area contributed by atoms with Gasteiger partial charge in [-0.05, 0) is 54.6 Å². The number of aromatic amines is 2. The third kappa shape index (κ3) is 4.03. The Hall–Kier alpha value is -4.17. The van der Waals surface area contributed by atoms with Gasteiger partial charge in [0.15, 0.2) is 5.52 Å². The summed E-state index contributed by atoms with van der Waals surface area (Å²) >= 11 is 0. The maximum atomic E-state index is 6.00. The molecular formula is C24H23N6O2+. The number of nitrogens with one attached hydrogen (secondary N) is 3. The highest BCUT2D eigenvalue weighted by molar-refractivity contribution is 5.92. The summed E-state index contributed by atoms with van der Waals surface area (Å²) in [4.78, 5) is 8.26. The standard InChI is InChI=1S/C24H22N6O2/c1-31-9-10-32-19-6-8-22-20(13-19)24(27-18-5-7-21-16(12-18)14-26-30-21)29-23(28-22)15-3-2-4-17(25)11-15/h2-8,11-14H,9-10,25H2,1H3,(H,26,30)(H,27,28,29)/p+1. The van der Waals surface area contributed by atoms with E-state index in [0.717, 1.165) is 44.6 Å². The van der Waals surface area contributed by atoms with Gasteiger partial charge in [-0.25, -0.2) is 4.98 Å². The number of aromatic nitrogens is 4. The Morgan fingerprint density at radius 2 is 2.00 bits per heavy atom. The molecule has 0 unspecified atom stereocenters. The second-order valence-electron chi connectivity index (χ2n) is 7.40. The normalized spacial score (nSPS) is 11.2. The average molecular weight is 427 g/mol. The maximum Gasteiger partial charge on any atom is 0.268 e. The van der Waals surface area contributed by atoms with E-state index in [1.807, 2.05) is 60.7 Å². The van der Waals surface area contributed by atoms with Gasteiger partial charge >= 0.3 is 0 Å². The lowest BCUT2D eigenvalue weighted by Gasteiger charge is -2.09. The van der Waals surface area contributed by atoms with Crippen LogP contribution < -0.4 is 20.8 Å². The Morgan fingerprint density at radius 1 is 1.06 bits per heavy atom. The summed E-state index contributed by atoms with van der Waals surface area (Å²) in [5.74, 6) is 2.26. The van der Waals surface area contributed by atoms with Crippen molar-refractivity contribution in [2.75, 3.05) is 31.4 Å². The molecule has 8 heteroatoms. The van der Waals surface area contributed by atoms with E-state index in [9.17, 15) is 0 Å². The van der Waals surface area contributed by atoms with Crippen LogP contribution in [-0.2, 0) is 4.74 Å². The largest absolute Gasteiger partial charge is 0.491 e. The number of nitrogens with two attached hydrogens (primary N) is 1. The van der Waals surface area contributed by atoms with Crippen LogP contribution in [0.25, 0.3) is 33.2 Å². The van der Waals surface area contributed by atoms with Crippen molar-refractivity contribution in [2.45, 2.75) is 0 Å². The molecule has 0 aliphatic carbocycles. The predicted octanol–water partition coefficient (Wildman–Crippen LogP) is 3.94. The zero-order chi connectivity index (χ0) is 21.9. The SMILES string of the molecule is COCCOc1ccc2nc(-c3cccc(N)c3)[nH+]c(Nc3ccc4[nH]ncc4c3)c2c1. The van der Waals surface area contributed by atoms with Gasteiger partial charge in [0.05, 0.1) is 35.0 Å². The highest BCUT2D eigenvalue weighted by atomic mass is 16.5. The predicted molar refractivity (Wildman–Crippen MR) is 125 cm³/mol. The van der Waals surface area contributed by atoms with E-state index in [4.69, 9.17) is 20.2 Å². The first-order valence-corrected chi connectivity index (χ1v) is 10.2.